The molecule has 0 bridgehead atoms. The van der Waals surface area contributed by atoms with Crippen molar-refractivity contribution in [3.05, 3.63) is 40.0 Å². The van der Waals surface area contributed by atoms with Gasteiger partial charge in [-0.3, -0.25) is 10.1 Å². The molecule has 1 unspecified atom stereocenters. The van der Waals surface area contributed by atoms with E-state index < -0.39 is 21.8 Å². The fraction of sp³-hybridized carbons (Fsp3) is 0.222. The van der Waals surface area contributed by atoms with E-state index in [1.54, 1.807) is 6.92 Å². The van der Waals surface area contributed by atoms with Crippen LogP contribution in [0.1, 0.15) is 18.1 Å². The molecule has 94 valence electrons. The molecular weight excluding hydrogens is 265 g/mol. The highest BCUT2D eigenvalue weighted by atomic mass is 35.5. The van der Waals surface area contributed by atoms with E-state index in [-0.39, 0.29) is 5.69 Å². The van der Waals surface area contributed by atoms with Gasteiger partial charge in [-0.1, -0.05) is 0 Å². The fourth-order valence-electron chi connectivity index (χ4n) is 1.40. The first-order valence-electron chi connectivity index (χ1n) is 4.87. The van der Waals surface area contributed by atoms with Crippen LogP contribution in [0.25, 0.3) is 5.69 Å². The van der Waals surface area contributed by atoms with Crippen molar-refractivity contribution in [2.24, 2.45) is 0 Å². The second-order valence-corrected chi connectivity index (χ2v) is 4.11. The minimum Gasteiger partial charge on any atom is -0.258 e. The number of halogens is 2. The summed E-state index contributed by atoms with van der Waals surface area (Å²) in [6.45, 7) is 1.66. The van der Waals surface area contributed by atoms with Gasteiger partial charge in [-0.2, -0.15) is 9.07 Å². The summed E-state index contributed by atoms with van der Waals surface area (Å²) < 4.78 is 14.7. The standard InChI is InChI=1S/C9H7ClFN5O2/c1-5(10)9-12-13-14-15(9)6-2-3-8(16(17)18)7(11)4-6/h2-5H,1H3. The number of nitro benzene ring substituents is 1. The zero-order chi connectivity index (χ0) is 13.3. The summed E-state index contributed by atoms with van der Waals surface area (Å²) in [5.74, 6) is -0.633. The predicted octanol–water partition coefficient (Wildman–Crippen LogP) is 2.01. The van der Waals surface area contributed by atoms with Crippen molar-refractivity contribution in [2.45, 2.75) is 12.3 Å². The molecule has 18 heavy (non-hydrogen) atoms. The third-order valence-electron chi connectivity index (χ3n) is 2.22. The summed E-state index contributed by atoms with van der Waals surface area (Å²) >= 11 is 5.86. The van der Waals surface area contributed by atoms with Crippen molar-refractivity contribution >= 4 is 17.3 Å². The van der Waals surface area contributed by atoms with Crippen LogP contribution in [-0.2, 0) is 0 Å². The Bertz CT molecular complexity index is 600. The van der Waals surface area contributed by atoms with Crippen molar-refractivity contribution in [1.82, 2.24) is 20.2 Å². The maximum absolute atomic E-state index is 13.5. The molecule has 0 aliphatic heterocycles. The number of tetrazole rings is 1. The highest BCUT2D eigenvalue weighted by Gasteiger charge is 2.18. The first-order valence-corrected chi connectivity index (χ1v) is 5.31. The van der Waals surface area contributed by atoms with Crippen LogP contribution in [0.5, 0.6) is 0 Å². The first-order chi connectivity index (χ1) is 8.50. The quantitative estimate of drug-likeness (QED) is 0.484. The molecule has 9 heteroatoms. The van der Waals surface area contributed by atoms with Gasteiger partial charge in [-0.05, 0) is 23.4 Å². The minimum atomic E-state index is -0.957. The van der Waals surface area contributed by atoms with E-state index in [2.05, 4.69) is 15.5 Å². The van der Waals surface area contributed by atoms with E-state index in [0.29, 0.717) is 5.82 Å². The zero-order valence-corrected chi connectivity index (χ0v) is 9.87. The van der Waals surface area contributed by atoms with E-state index in [0.717, 1.165) is 12.1 Å². The molecule has 1 aromatic heterocycles. The maximum atomic E-state index is 13.5. The molecule has 0 fully saturated rings. The number of rotatable bonds is 3. The lowest BCUT2D eigenvalue weighted by Gasteiger charge is -2.05. The third kappa shape index (κ3) is 2.14. The predicted molar refractivity (Wildman–Crippen MR) is 60.0 cm³/mol. The van der Waals surface area contributed by atoms with Gasteiger partial charge >= 0.3 is 5.69 Å². The van der Waals surface area contributed by atoms with Crippen LogP contribution >= 0.6 is 11.6 Å². The molecule has 0 radical (unpaired) electrons. The van der Waals surface area contributed by atoms with Crippen LogP contribution in [0.3, 0.4) is 0 Å². The highest BCUT2D eigenvalue weighted by molar-refractivity contribution is 6.20. The average molecular weight is 272 g/mol. The van der Waals surface area contributed by atoms with Crippen LogP contribution in [0, 0.1) is 15.9 Å². The Hall–Kier alpha value is -2.09. The molecule has 7 nitrogen and oxygen atoms in total. The number of hydrogen-bond donors (Lipinski definition) is 0. The first kappa shape index (κ1) is 12.4. The van der Waals surface area contributed by atoms with Crippen molar-refractivity contribution in [2.75, 3.05) is 0 Å². The zero-order valence-electron chi connectivity index (χ0n) is 9.12. The van der Waals surface area contributed by atoms with Crippen LogP contribution in [0.4, 0.5) is 10.1 Å². The molecular formula is C9H7ClFN5O2. The molecule has 0 saturated carbocycles. The van der Waals surface area contributed by atoms with Gasteiger partial charge in [0.15, 0.2) is 5.82 Å². The number of nitrogens with zero attached hydrogens (tertiary/aromatic N) is 5. The molecule has 0 spiro atoms. The Morgan fingerprint density at radius 2 is 2.28 bits per heavy atom. The van der Waals surface area contributed by atoms with Crippen LogP contribution in [0.2, 0.25) is 0 Å². The number of hydrogen-bond acceptors (Lipinski definition) is 5. The van der Waals surface area contributed by atoms with E-state index in [1.807, 2.05) is 0 Å². The lowest BCUT2D eigenvalue weighted by atomic mass is 10.2. The maximum Gasteiger partial charge on any atom is 0.304 e. The summed E-state index contributed by atoms with van der Waals surface area (Å²) in [7, 11) is 0. The van der Waals surface area contributed by atoms with Crippen LogP contribution in [0.15, 0.2) is 18.2 Å². The average Bonchev–Trinajstić information content (AvgIpc) is 2.77. The molecule has 1 atom stereocenters. The summed E-state index contributed by atoms with van der Waals surface area (Å²) in [5.41, 5.74) is -0.335. The van der Waals surface area contributed by atoms with Gasteiger partial charge in [0.05, 0.1) is 16.0 Å². The smallest absolute Gasteiger partial charge is 0.258 e. The lowest BCUT2D eigenvalue weighted by molar-refractivity contribution is -0.387. The molecule has 2 aromatic rings. The monoisotopic (exact) mass is 271 g/mol. The molecule has 0 saturated heterocycles. The summed E-state index contributed by atoms with van der Waals surface area (Å²) in [6, 6.07) is 3.38. The largest absolute Gasteiger partial charge is 0.304 e. The van der Waals surface area contributed by atoms with Gasteiger partial charge in [-0.15, -0.1) is 16.7 Å². The van der Waals surface area contributed by atoms with Gasteiger partial charge in [0.1, 0.15) is 0 Å². The van der Waals surface area contributed by atoms with Crippen LogP contribution in [-0.4, -0.2) is 25.1 Å². The summed E-state index contributed by atoms with van der Waals surface area (Å²) in [4.78, 5) is 9.69. The Balaban J connectivity index is 2.49. The van der Waals surface area contributed by atoms with E-state index >= 15 is 0 Å². The van der Waals surface area contributed by atoms with Crippen molar-refractivity contribution in [1.29, 1.82) is 0 Å². The minimum absolute atomic E-state index is 0.269. The molecule has 0 aliphatic rings. The highest BCUT2D eigenvalue weighted by Crippen LogP contribution is 2.23. The topological polar surface area (TPSA) is 86.7 Å². The number of benzene rings is 1. The number of nitro groups is 1. The SMILES string of the molecule is CC(Cl)c1nnnn1-c1ccc([N+](=O)[O-])c(F)c1. The number of alkyl halides is 1. The Kier molecular flexibility index (Phi) is 3.19. The fourth-order valence-corrected chi connectivity index (χ4v) is 1.54. The van der Waals surface area contributed by atoms with Gasteiger partial charge in [-0.25, -0.2) is 0 Å². The Labute approximate surface area is 105 Å². The van der Waals surface area contributed by atoms with Crippen molar-refractivity contribution in [3.8, 4) is 5.69 Å². The summed E-state index contributed by atoms with van der Waals surface area (Å²) in [6.07, 6.45) is 0. The third-order valence-corrected chi connectivity index (χ3v) is 2.42. The molecule has 1 aromatic carbocycles. The molecule has 2 rings (SSSR count). The van der Waals surface area contributed by atoms with Gasteiger partial charge in [0.2, 0.25) is 5.82 Å². The molecule has 0 amide bonds. The second-order valence-electron chi connectivity index (χ2n) is 3.46. The summed E-state index contributed by atoms with van der Waals surface area (Å²) in [5, 5.41) is 20.8. The van der Waals surface area contributed by atoms with Gasteiger partial charge in [0.25, 0.3) is 0 Å². The number of aromatic nitrogens is 4. The lowest BCUT2D eigenvalue weighted by Crippen LogP contribution is -2.05. The van der Waals surface area contributed by atoms with Crippen molar-refractivity contribution < 1.29 is 9.31 Å². The molecule has 0 aliphatic carbocycles. The normalized spacial score (nSPS) is 12.4. The van der Waals surface area contributed by atoms with Gasteiger partial charge in [0, 0.05) is 12.1 Å². The second kappa shape index (κ2) is 4.65. The molecule has 1 heterocycles. The van der Waals surface area contributed by atoms with E-state index in [4.69, 9.17) is 11.6 Å². The van der Waals surface area contributed by atoms with E-state index in [1.165, 1.54) is 10.7 Å². The van der Waals surface area contributed by atoms with Crippen molar-refractivity contribution in [3.63, 3.8) is 0 Å². The van der Waals surface area contributed by atoms with Gasteiger partial charge < -0.3 is 0 Å². The van der Waals surface area contributed by atoms with Crippen LogP contribution < -0.4 is 0 Å². The Morgan fingerprint density at radius 1 is 1.56 bits per heavy atom. The van der Waals surface area contributed by atoms with E-state index in [9.17, 15) is 14.5 Å². The Morgan fingerprint density at radius 3 is 2.83 bits per heavy atom. The molecule has 0 N–H and O–H groups in total.